The number of rotatable bonds is 5. The van der Waals surface area contributed by atoms with Crippen molar-refractivity contribution in [2.45, 2.75) is 34.4 Å². The van der Waals surface area contributed by atoms with Crippen LogP contribution in [0.5, 0.6) is 5.75 Å². The van der Waals surface area contributed by atoms with Gasteiger partial charge in [0.15, 0.2) is 12.4 Å². The van der Waals surface area contributed by atoms with Gasteiger partial charge >= 0.3 is 0 Å². The minimum atomic E-state index is -0.232. The van der Waals surface area contributed by atoms with Gasteiger partial charge in [0.05, 0.1) is 0 Å². The molecule has 0 radical (unpaired) electrons. The molecule has 26 heavy (non-hydrogen) atoms. The molecular formula is C21H23N3O2. The first kappa shape index (κ1) is 17.7. The Morgan fingerprint density at radius 1 is 1.00 bits per heavy atom. The molecule has 1 N–H and O–H groups in total. The fourth-order valence-corrected chi connectivity index (χ4v) is 2.61. The Bertz CT molecular complexity index is 944. The average Bonchev–Trinajstić information content (AvgIpc) is 3.08. The van der Waals surface area contributed by atoms with Gasteiger partial charge in [-0.25, -0.2) is 4.68 Å². The van der Waals surface area contributed by atoms with E-state index in [1.54, 1.807) is 16.9 Å². The van der Waals surface area contributed by atoms with E-state index in [1.807, 2.05) is 64.1 Å². The van der Waals surface area contributed by atoms with Gasteiger partial charge in [0.2, 0.25) is 0 Å². The van der Waals surface area contributed by atoms with Crippen molar-refractivity contribution < 1.29 is 9.53 Å². The van der Waals surface area contributed by atoms with Gasteiger partial charge in [-0.05, 0) is 68.1 Å². The minimum absolute atomic E-state index is 0.232. The predicted molar refractivity (Wildman–Crippen MR) is 103 cm³/mol. The van der Waals surface area contributed by atoms with Gasteiger partial charge < -0.3 is 10.1 Å². The van der Waals surface area contributed by atoms with E-state index in [2.05, 4.69) is 10.4 Å². The quantitative estimate of drug-likeness (QED) is 0.742. The lowest BCUT2D eigenvalue weighted by Gasteiger charge is -2.10. The zero-order chi connectivity index (χ0) is 18.7. The Kier molecular flexibility index (Phi) is 5.07. The number of hydrogen-bond acceptors (Lipinski definition) is 3. The van der Waals surface area contributed by atoms with Crippen LogP contribution >= 0.6 is 0 Å². The molecule has 5 nitrogen and oxygen atoms in total. The largest absolute Gasteiger partial charge is 0.471 e. The van der Waals surface area contributed by atoms with Crippen LogP contribution in [0.3, 0.4) is 0 Å². The molecule has 0 saturated carbocycles. The van der Waals surface area contributed by atoms with E-state index in [9.17, 15) is 4.79 Å². The molecule has 0 bridgehead atoms. The summed E-state index contributed by atoms with van der Waals surface area (Å²) in [5.74, 6) is 0.589. The normalized spacial score (nSPS) is 10.6. The molecule has 0 saturated heterocycles. The van der Waals surface area contributed by atoms with Crippen molar-refractivity contribution in [3.8, 4) is 5.75 Å². The fraction of sp³-hybridized carbons (Fsp3) is 0.238. The highest BCUT2D eigenvalue weighted by molar-refractivity contribution is 6.03. The third-order valence-corrected chi connectivity index (χ3v) is 4.21. The number of hydrogen-bond donors (Lipinski definition) is 1. The van der Waals surface area contributed by atoms with Crippen molar-refractivity contribution in [3.63, 3.8) is 0 Å². The van der Waals surface area contributed by atoms with Gasteiger partial charge in [-0.15, -0.1) is 0 Å². The SMILES string of the molecule is Cc1ccc(C)c(NC(=O)c2ccn(COc3cc(C)ccc3C)n2)c1. The molecule has 0 aliphatic carbocycles. The highest BCUT2D eigenvalue weighted by atomic mass is 16.5. The van der Waals surface area contributed by atoms with Crippen LogP contribution in [0.1, 0.15) is 32.7 Å². The highest BCUT2D eigenvalue weighted by Crippen LogP contribution is 2.20. The maximum absolute atomic E-state index is 12.4. The van der Waals surface area contributed by atoms with E-state index in [4.69, 9.17) is 4.74 Å². The van der Waals surface area contributed by atoms with Gasteiger partial charge in [0.1, 0.15) is 5.75 Å². The number of carbonyl (C=O) groups excluding carboxylic acids is 1. The van der Waals surface area contributed by atoms with Crippen LogP contribution < -0.4 is 10.1 Å². The number of aryl methyl sites for hydroxylation is 4. The molecule has 1 heterocycles. The van der Waals surface area contributed by atoms with Gasteiger partial charge in [-0.2, -0.15) is 5.10 Å². The molecule has 0 unspecified atom stereocenters. The monoisotopic (exact) mass is 349 g/mol. The summed E-state index contributed by atoms with van der Waals surface area (Å²) >= 11 is 0. The summed E-state index contributed by atoms with van der Waals surface area (Å²) in [4.78, 5) is 12.4. The van der Waals surface area contributed by atoms with Crippen LogP contribution in [0.25, 0.3) is 0 Å². The second-order valence-corrected chi connectivity index (χ2v) is 6.56. The predicted octanol–water partition coefficient (Wildman–Crippen LogP) is 4.41. The van der Waals surface area contributed by atoms with Crippen molar-refractivity contribution in [2.75, 3.05) is 5.32 Å². The Balaban J connectivity index is 1.66. The number of benzene rings is 2. The minimum Gasteiger partial charge on any atom is -0.471 e. The zero-order valence-electron chi connectivity index (χ0n) is 15.5. The summed E-state index contributed by atoms with van der Waals surface area (Å²) in [5.41, 5.74) is 5.47. The number of aromatic nitrogens is 2. The fourth-order valence-electron chi connectivity index (χ4n) is 2.61. The molecule has 0 aliphatic rings. The molecule has 134 valence electrons. The lowest BCUT2D eigenvalue weighted by molar-refractivity contribution is 0.102. The molecule has 2 aromatic carbocycles. The van der Waals surface area contributed by atoms with E-state index < -0.39 is 0 Å². The van der Waals surface area contributed by atoms with Crippen LogP contribution in [0, 0.1) is 27.7 Å². The molecule has 0 fully saturated rings. The Morgan fingerprint density at radius 3 is 2.46 bits per heavy atom. The van der Waals surface area contributed by atoms with Gasteiger partial charge in [-0.3, -0.25) is 4.79 Å². The van der Waals surface area contributed by atoms with E-state index in [0.29, 0.717) is 5.69 Å². The van der Waals surface area contributed by atoms with E-state index in [-0.39, 0.29) is 12.6 Å². The van der Waals surface area contributed by atoms with Gasteiger partial charge in [-0.1, -0.05) is 24.3 Å². The summed E-state index contributed by atoms with van der Waals surface area (Å²) in [6, 6.07) is 13.7. The first-order valence-electron chi connectivity index (χ1n) is 8.54. The molecule has 3 rings (SSSR count). The average molecular weight is 349 g/mol. The Morgan fingerprint density at radius 2 is 1.69 bits per heavy atom. The number of carbonyl (C=O) groups is 1. The molecule has 5 heteroatoms. The molecule has 3 aromatic rings. The molecule has 0 spiro atoms. The first-order chi connectivity index (χ1) is 12.4. The molecule has 0 atom stereocenters. The number of amides is 1. The van der Waals surface area contributed by atoms with E-state index in [0.717, 1.165) is 33.7 Å². The summed E-state index contributed by atoms with van der Waals surface area (Å²) in [6.07, 6.45) is 1.74. The van der Waals surface area contributed by atoms with Crippen LogP contribution in [-0.4, -0.2) is 15.7 Å². The summed E-state index contributed by atoms with van der Waals surface area (Å²) in [6.45, 7) is 8.23. The number of nitrogens with zero attached hydrogens (tertiary/aromatic N) is 2. The first-order valence-corrected chi connectivity index (χ1v) is 8.54. The lowest BCUT2D eigenvalue weighted by Crippen LogP contribution is -2.15. The van der Waals surface area contributed by atoms with Crippen molar-refractivity contribution in [1.29, 1.82) is 0 Å². The Labute approximate surface area is 153 Å². The summed E-state index contributed by atoms with van der Waals surface area (Å²) in [5, 5.41) is 7.22. The summed E-state index contributed by atoms with van der Waals surface area (Å²) in [7, 11) is 0. The van der Waals surface area contributed by atoms with Crippen LogP contribution in [0.4, 0.5) is 5.69 Å². The highest BCUT2D eigenvalue weighted by Gasteiger charge is 2.11. The lowest BCUT2D eigenvalue weighted by atomic mass is 10.1. The number of anilines is 1. The van der Waals surface area contributed by atoms with Crippen LogP contribution in [0.2, 0.25) is 0 Å². The van der Waals surface area contributed by atoms with Crippen molar-refractivity contribution in [2.24, 2.45) is 0 Å². The van der Waals surface area contributed by atoms with Crippen molar-refractivity contribution in [3.05, 3.63) is 76.6 Å². The van der Waals surface area contributed by atoms with Crippen molar-refractivity contribution in [1.82, 2.24) is 9.78 Å². The summed E-state index contributed by atoms with van der Waals surface area (Å²) < 4.78 is 7.43. The molecule has 1 aromatic heterocycles. The molecule has 0 aliphatic heterocycles. The molecule has 1 amide bonds. The Hall–Kier alpha value is -3.08. The van der Waals surface area contributed by atoms with Gasteiger partial charge in [0, 0.05) is 11.9 Å². The maximum atomic E-state index is 12.4. The van der Waals surface area contributed by atoms with E-state index in [1.165, 1.54) is 0 Å². The number of nitrogens with one attached hydrogen (secondary N) is 1. The van der Waals surface area contributed by atoms with Gasteiger partial charge in [0.25, 0.3) is 5.91 Å². The van der Waals surface area contributed by atoms with Crippen LogP contribution in [0.15, 0.2) is 48.7 Å². The molecular weight excluding hydrogens is 326 g/mol. The van der Waals surface area contributed by atoms with Crippen molar-refractivity contribution >= 4 is 11.6 Å². The van der Waals surface area contributed by atoms with Crippen LogP contribution in [-0.2, 0) is 6.73 Å². The second kappa shape index (κ2) is 7.44. The van der Waals surface area contributed by atoms with E-state index >= 15 is 0 Å². The standard InChI is InChI=1S/C21H23N3O2/c1-14-5-7-16(3)19(11-14)22-21(25)18-9-10-24(23-18)13-26-20-12-15(2)6-8-17(20)4/h5-12H,13H2,1-4H3,(H,22,25). The zero-order valence-corrected chi connectivity index (χ0v) is 15.5. The smallest absolute Gasteiger partial charge is 0.276 e. The maximum Gasteiger partial charge on any atom is 0.276 e. The topological polar surface area (TPSA) is 56.2 Å². The third kappa shape index (κ3) is 4.11. The number of ether oxygens (including phenoxy) is 1. The third-order valence-electron chi connectivity index (χ3n) is 4.21. The second-order valence-electron chi connectivity index (χ2n) is 6.56.